The van der Waals surface area contributed by atoms with Gasteiger partial charge in [-0.3, -0.25) is 25.8 Å². The van der Waals surface area contributed by atoms with Crippen molar-refractivity contribution in [3.05, 3.63) is 63.6 Å². The molecule has 0 bridgehead atoms. The van der Waals surface area contributed by atoms with Crippen molar-refractivity contribution in [1.82, 2.24) is 16.2 Å². The Labute approximate surface area is 174 Å². The molecule has 0 spiro atoms. The van der Waals surface area contributed by atoms with E-state index in [1.807, 2.05) is 0 Å². The summed E-state index contributed by atoms with van der Waals surface area (Å²) in [5.41, 5.74) is 5.78. The fraction of sp³-hybridized carbons (Fsp3) is 0.111. The molecule has 0 aliphatic rings. The Hall–Kier alpha value is -2.98. The van der Waals surface area contributed by atoms with Crippen LogP contribution in [0.5, 0.6) is 5.75 Å². The lowest BCUT2D eigenvalue weighted by atomic mass is 10.1. The van der Waals surface area contributed by atoms with Crippen molar-refractivity contribution in [2.24, 2.45) is 0 Å². The van der Waals surface area contributed by atoms with Crippen molar-refractivity contribution >= 4 is 51.0 Å². The minimum absolute atomic E-state index is 0.0945. The van der Waals surface area contributed by atoms with Crippen molar-refractivity contribution in [2.45, 2.75) is 0 Å². The van der Waals surface area contributed by atoms with Gasteiger partial charge in [-0.05, 0) is 70.6 Å². The van der Waals surface area contributed by atoms with Crippen molar-refractivity contribution in [1.29, 1.82) is 0 Å². The molecule has 0 unspecified atom stereocenters. The van der Waals surface area contributed by atoms with E-state index in [2.05, 4.69) is 36.8 Å². The summed E-state index contributed by atoms with van der Waals surface area (Å²) in [4.78, 5) is 35.7. The summed E-state index contributed by atoms with van der Waals surface area (Å²) in [6.07, 6.45) is 0. The molecular weight excluding hydrogens is 450 g/mol. The number of esters is 1. The van der Waals surface area contributed by atoms with Crippen LogP contribution < -0.4 is 20.9 Å². The van der Waals surface area contributed by atoms with Crippen LogP contribution in [0.1, 0.15) is 31.1 Å². The second-order valence-corrected chi connectivity index (χ2v) is 6.54. The maximum absolute atomic E-state index is 12.1. The second-order valence-electron chi connectivity index (χ2n) is 5.28. The Balaban J connectivity index is 1.89. The van der Waals surface area contributed by atoms with E-state index >= 15 is 0 Å². The van der Waals surface area contributed by atoms with Crippen molar-refractivity contribution < 1.29 is 23.9 Å². The zero-order valence-electron chi connectivity index (χ0n) is 14.9. The normalized spacial score (nSPS) is 9.82. The SMILES string of the molecule is COC(=O)c1ccc(C(=O)NC(=S)NNC(=O)c2ccc(OC)c(Br)c2)cc1. The van der Waals surface area contributed by atoms with Crippen LogP contribution in [0.3, 0.4) is 0 Å². The number of amides is 2. The maximum atomic E-state index is 12.1. The number of thiocarbonyl (C=S) groups is 1. The zero-order valence-corrected chi connectivity index (χ0v) is 17.3. The summed E-state index contributed by atoms with van der Waals surface area (Å²) in [7, 11) is 2.79. The lowest BCUT2D eigenvalue weighted by Crippen LogP contribution is -2.48. The Kier molecular flexibility index (Phi) is 7.47. The molecule has 0 atom stereocenters. The third-order valence-electron chi connectivity index (χ3n) is 3.50. The molecule has 0 aliphatic heterocycles. The molecule has 0 aliphatic carbocycles. The van der Waals surface area contributed by atoms with Gasteiger partial charge in [0.05, 0.1) is 24.3 Å². The molecule has 0 fully saturated rings. The monoisotopic (exact) mass is 465 g/mol. The van der Waals surface area contributed by atoms with Crippen LogP contribution in [-0.4, -0.2) is 37.1 Å². The Morgan fingerprint density at radius 3 is 2.07 bits per heavy atom. The standard InChI is InChI=1S/C18H16BrN3O5S/c1-26-14-8-7-12(9-13(14)19)16(24)21-22-18(28)20-15(23)10-3-5-11(6-4-10)17(25)27-2/h3-9H,1-2H3,(H,21,24)(H2,20,22,23,28). The van der Waals surface area contributed by atoms with E-state index in [-0.39, 0.29) is 10.7 Å². The van der Waals surface area contributed by atoms with Gasteiger partial charge in [0.25, 0.3) is 11.8 Å². The highest BCUT2D eigenvalue weighted by molar-refractivity contribution is 9.10. The van der Waals surface area contributed by atoms with Crippen LogP contribution in [0.2, 0.25) is 0 Å². The molecule has 146 valence electrons. The molecule has 3 N–H and O–H groups in total. The summed E-state index contributed by atoms with van der Waals surface area (Å²) >= 11 is 8.28. The molecular formula is C18H16BrN3O5S. The average molecular weight is 466 g/mol. The van der Waals surface area contributed by atoms with Gasteiger partial charge in [0.2, 0.25) is 0 Å². The third-order valence-corrected chi connectivity index (χ3v) is 4.32. The fourth-order valence-electron chi connectivity index (χ4n) is 2.08. The molecule has 2 rings (SSSR count). The molecule has 0 heterocycles. The minimum Gasteiger partial charge on any atom is -0.496 e. The van der Waals surface area contributed by atoms with Gasteiger partial charge >= 0.3 is 5.97 Å². The number of hydrogen-bond acceptors (Lipinski definition) is 6. The molecule has 0 saturated carbocycles. The third kappa shape index (κ3) is 5.51. The number of carbonyl (C=O) groups excluding carboxylic acids is 3. The molecule has 0 radical (unpaired) electrons. The van der Waals surface area contributed by atoms with Crippen LogP contribution in [0.4, 0.5) is 0 Å². The number of benzene rings is 2. The number of carbonyl (C=O) groups is 3. The van der Waals surface area contributed by atoms with Crippen LogP contribution in [0.15, 0.2) is 46.9 Å². The number of halogens is 1. The van der Waals surface area contributed by atoms with E-state index in [1.165, 1.54) is 38.5 Å². The summed E-state index contributed by atoms with van der Waals surface area (Å²) < 4.78 is 10.3. The van der Waals surface area contributed by atoms with E-state index < -0.39 is 17.8 Å². The quantitative estimate of drug-likeness (QED) is 0.361. The Morgan fingerprint density at radius 2 is 1.50 bits per heavy atom. The van der Waals surface area contributed by atoms with E-state index in [0.29, 0.717) is 21.3 Å². The highest BCUT2D eigenvalue weighted by atomic mass is 79.9. The first kappa shape index (κ1) is 21.3. The topological polar surface area (TPSA) is 106 Å². The van der Waals surface area contributed by atoms with Gasteiger partial charge in [0, 0.05) is 11.1 Å². The number of methoxy groups -OCH3 is 2. The predicted octanol–water partition coefficient (Wildman–Crippen LogP) is 2.19. The van der Waals surface area contributed by atoms with E-state index in [0.717, 1.165) is 0 Å². The van der Waals surface area contributed by atoms with Gasteiger partial charge in [-0.2, -0.15) is 0 Å². The van der Waals surface area contributed by atoms with Crippen LogP contribution in [0.25, 0.3) is 0 Å². The van der Waals surface area contributed by atoms with Crippen LogP contribution in [0, 0.1) is 0 Å². The lowest BCUT2D eigenvalue weighted by molar-refractivity contribution is 0.0600. The van der Waals surface area contributed by atoms with Crippen molar-refractivity contribution in [3.63, 3.8) is 0 Å². The highest BCUT2D eigenvalue weighted by Gasteiger charge is 2.12. The van der Waals surface area contributed by atoms with Crippen LogP contribution in [-0.2, 0) is 4.74 Å². The number of hydrogen-bond donors (Lipinski definition) is 3. The number of hydrazine groups is 1. The number of ether oxygens (including phenoxy) is 2. The first-order chi connectivity index (χ1) is 13.3. The molecule has 0 aromatic heterocycles. The summed E-state index contributed by atoms with van der Waals surface area (Å²) in [6.45, 7) is 0. The zero-order chi connectivity index (χ0) is 20.7. The molecule has 2 aromatic rings. The van der Waals surface area contributed by atoms with Gasteiger partial charge in [0.15, 0.2) is 5.11 Å². The van der Waals surface area contributed by atoms with Gasteiger partial charge in [-0.1, -0.05) is 0 Å². The summed E-state index contributed by atoms with van der Waals surface area (Å²) in [6, 6.07) is 10.6. The largest absolute Gasteiger partial charge is 0.496 e. The van der Waals surface area contributed by atoms with Gasteiger partial charge in [0.1, 0.15) is 5.75 Å². The first-order valence-corrected chi connectivity index (χ1v) is 8.99. The van der Waals surface area contributed by atoms with Crippen molar-refractivity contribution in [2.75, 3.05) is 14.2 Å². The summed E-state index contributed by atoms with van der Waals surface area (Å²) in [5, 5.41) is 2.32. The van der Waals surface area contributed by atoms with E-state index in [1.54, 1.807) is 18.2 Å². The molecule has 8 nitrogen and oxygen atoms in total. The minimum atomic E-state index is -0.504. The first-order valence-electron chi connectivity index (χ1n) is 7.79. The molecule has 2 aromatic carbocycles. The predicted molar refractivity (Wildman–Crippen MR) is 109 cm³/mol. The molecule has 28 heavy (non-hydrogen) atoms. The van der Waals surface area contributed by atoms with E-state index in [4.69, 9.17) is 17.0 Å². The number of nitrogens with one attached hydrogen (secondary N) is 3. The van der Waals surface area contributed by atoms with Crippen molar-refractivity contribution in [3.8, 4) is 5.75 Å². The highest BCUT2D eigenvalue weighted by Crippen LogP contribution is 2.25. The Morgan fingerprint density at radius 1 is 0.893 bits per heavy atom. The fourth-order valence-corrected chi connectivity index (χ4v) is 2.76. The Bertz CT molecular complexity index is 918. The molecule has 10 heteroatoms. The lowest BCUT2D eigenvalue weighted by Gasteiger charge is -2.11. The summed E-state index contributed by atoms with van der Waals surface area (Å²) in [5.74, 6) is -0.875. The second kappa shape index (κ2) is 9.81. The smallest absolute Gasteiger partial charge is 0.337 e. The average Bonchev–Trinajstić information content (AvgIpc) is 2.71. The van der Waals surface area contributed by atoms with Gasteiger partial charge in [-0.15, -0.1) is 0 Å². The molecule has 2 amide bonds. The van der Waals surface area contributed by atoms with Gasteiger partial charge < -0.3 is 9.47 Å². The van der Waals surface area contributed by atoms with E-state index in [9.17, 15) is 14.4 Å². The van der Waals surface area contributed by atoms with Crippen LogP contribution >= 0.6 is 28.1 Å². The molecule has 0 saturated heterocycles. The number of rotatable bonds is 4. The maximum Gasteiger partial charge on any atom is 0.337 e. The van der Waals surface area contributed by atoms with Gasteiger partial charge in [-0.25, -0.2) is 4.79 Å².